The molecule has 0 aliphatic rings. The highest BCUT2D eigenvalue weighted by atomic mass is 16.1. The Hall–Kier alpha value is -2.80. The molecule has 1 atom stereocenters. The van der Waals surface area contributed by atoms with Crippen LogP contribution in [-0.2, 0) is 9.59 Å². The fraction of sp³-hybridized carbons (Fsp3) is 0.263. The molecule has 0 spiro atoms. The Balaban J connectivity index is 2.39. The largest absolute Gasteiger partial charge is 0.240 e. The molecule has 116 valence electrons. The molecule has 23 heavy (non-hydrogen) atoms. The Morgan fingerprint density at radius 1 is 0.957 bits per heavy atom. The van der Waals surface area contributed by atoms with Crippen molar-refractivity contribution >= 4 is 23.5 Å². The van der Waals surface area contributed by atoms with Crippen molar-refractivity contribution in [2.75, 3.05) is 0 Å². The zero-order valence-corrected chi connectivity index (χ0v) is 13.2. The Morgan fingerprint density at radius 3 is 2.17 bits per heavy atom. The second-order valence-electron chi connectivity index (χ2n) is 5.38. The molecule has 0 aliphatic heterocycles. The lowest BCUT2D eigenvalue weighted by molar-refractivity contribution is 0.564. The van der Waals surface area contributed by atoms with E-state index in [2.05, 4.69) is 23.0 Å². The highest BCUT2D eigenvalue weighted by molar-refractivity contribution is 5.55. The summed E-state index contributed by atoms with van der Waals surface area (Å²) in [4.78, 5) is 28.1. The van der Waals surface area contributed by atoms with Crippen molar-refractivity contribution in [3.05, 3.63) is 59.2 Å². The van der Waals surface area contributed by atoms with E-state index in [0.29, 0.717) is 11.4 Å². The van der Waals surface area contributed by atoms with Gasteiger partial charge in [-0.1, -0.05) is 37.6 Å². The van der Waals surface area contributed by atoms with Crippen molar-refractivity contribution < 1.29 is 9.59 Å². The maximum atomic E-state index is 10.4. The van der Waals surface area contributed by atoms with Gasteiger partial charge in [0, 0.05) is 5.92 Å². The first-order chi connectivity index (χ1) is 11.2. The number of aryl methyl sites for hydroxylation is 1. The normalized spacial score (nSPS) is 11.2. The van der Waals surface area contributed by atoms with Crippen LogP contribution in [0.3, 0.4) is 0 Å². The minimum Gasteiger partial charge on any atom is -0.211 e. The average Bonchev–Trinajstić information content (AvgIpc) is 2.56. The van der Waals surface area contributed by atoms with Crippen LogP contribution in [0.1, 0.15) is 42.4 Å². The zero-order chi connectivity index (χ0) is 16.7. The smallest absolute Gasteiger partial charge is 0.211 e. The molecule has 0 heterocycles. The lowest BCUT2D eigenvalue weighted by atomic mass is 9.86. The first-order valence-corrected chi connectivity index (χ1v) is 7.55. The van der Waals surface area contributed by atoms with Crippen LogP contribution in [0, 0.1) is 6.92 Å². The van der Waals surface area contributed by atoms with E-state index in [9.17, 15) is 9.59 Å². The molecule has 0 radical (unpaired) electrons. The van der Waals surface area contributed by atoms with Crippen molar-refractivity contribution in [2.45, 2.75) is 32.6 Å². The van der Waals surface area contributed by atoms with Gasteiger partial charge in [0.05, 0.1) is 11.4 Å². The molecule has 2 rings (SSSR count). The van der Waals surface area contributed by atoms with E-state index in [-0.39, 0.29) is 5.92 Å². The number of rotatable bonds is 6. The van der Waals surface area contributed by atoms with Gasteiger partial charge in [-0.05, 0) is 48.2 Å². The molecule has 0 N–H and O–H groups in total. The standard InChI is InChI=1S/C19H18N2O2/c1-3-4-18(15-5-8-17(9-6-15)20-12-22)16-7-10-19(21-13-23)14(2)11-16/h5-11,18H,3-4H2,1-2H3. The highest BCUT2D eigenvalue weighted by Crippen LogP contribution is 2.32. The van der Waals surface area contributed by atoms with Gasteiger partial charge in [-0.2, -0.15) is 9.98 Å². The van der Waals surface area contributed by atoms with Crippen molar-refractivity contribution in [1.29, 1.82) is 0 Å². The lowest BCUT2D eigenvalue weighted by Crippen LogP contribution is -2.01. The summed E-state index contributed by atoms with van der Waals surface area (Å²) >= 11 is 0. The fourth-order valence-electron chi connectivity index (χ4n) is 2.72. The Bertz CT molecular complexity index is 768. The van der Waals surface area contributed by atoms with Crippen molar-refractivity contribution in [3.8, 4) is 0 Å². The number of nitrogens with zero attached hydrogens (tertiary/aromatic N) is 2. The van der Waals surface area contributed by atoms with E-state index >= 15 is 0 Å². The van der Waals surface area contributed by atoms with E-state index in [1.54, 1.807) is 12.2 Å². The molecule has 0 saturated heterocycles. The van der Waals surface area contributed by atoms with Crippen LogP contribution in [-0.4, -0.2) is 12.2 Å². The van der Waals surface area contributed by atoms with E-state index in [1.807, 2.05) is 43.3 Å². The van der Waals surface area contributed by atoms with Crippen LogP contribution in [0.2, 0.25) is 0 Å². The van der Waals surface area contributed by atoms with E-state index in [4.69, 9.17) is 0 Å². The van der Waals surface area contributed by atoms with Crippen LogP contribution in [0.4, 0.5) is 11.4 Å². The van der Waals surface area contributed by atoms with Crippen LogP contribution >= 0.6 is 0 Å². The quantitative estimate of drug-likeness (QED) is 0.565. The monoisotopic (exact) mass is 306 g/mol. The van der Waals surface area contributed by atoms with Gasteiger partial charge < -0.3 is 0 Å². The molecule has 0 bridgehead atoms. The van der Waals surface area contributed by atoms with Gasteiger partial charge in [-0.3, -0.25) is 0 Å². The summed E-state index contributed by atoms with van der Waals surface area (Å²) in [7, 11) is 0. The molecular formula is C19H18N2O2. The predicted molar refractivity (Wildman–Crippen MR) is 89.9 cm³/mol. The molecule has 0 fully saturated rings. The number of isocyanates is 2. The summed E-state index contributed by atoms with van der Waals surface area (Å²) in [6.45, 7) is 4.08. The molecule has 1 unspecified atom stereocenters. The van der Waals surface area contributed by atoms with Crippen molar-refractivity contribution in [3.63, 3.8) is 0 Å². The molecule has 0 aromatic heterocycles. The van der Waals surface area contributed by atoms with Crippen molar-refractivity contribution in [1.82, 2.24) is 0 Å². The van der Waals surface area contributed by atoms with Gasteiger partial charge in [0.1, 0.15) is 0 Å². The summed E-state index contributed by atoms with van der Waals surface area (Å²) in [5.41, 5.74) is 4.55. The van der Waals surface area contributed by atoms with E-state index < -0.39 is 0 Å². The number of aliphatic imine (C=N–C) groups is 2. The number of hydrogen-bond donors (Lipinski definition) is 0. The second kappa shape index (κ2) is 8.00. The lowest BCUT2D eigenvalue weighted by Gasteiger charge is -2.18. The molecule has 0 amide bonds. The summed E-state index contributed by atoms with van der Waals surface area (Å²) < 4.78 is 0. The molecule has 0 aliphatic carbocycles. The Morgan fingerprint density at radius 2 is 1.61 bits per heavy atom. The number of hydrogen-bond acceptors (Lipinski definition) is 4. The first-order valence-electron chi connectivity index (χ1n) is 7.55. The summed E-state index contributed by atoms with van der Waals surface area (Å²) in [6, 6.07) is 13.5. The highest BCUT2D eigenvalue weighted by Gasteiger charge is 2.14. The summed E-state index contributed by atoms with van der Waals surface area (Å²) in [5, 5.41) is 0. The maximum absolute atomic E-state index is 10.4. The van der Waals surface area contributed by atoms with Gasteiger partial charge >= 0.3 is 0 Å². The zero-order valence-electron chi connectivity index (χ0n) is 13.2. The third-order valence-corrected chi connectivity index (χ3v) is 3.84. The molecule has 4 nitrogen and oxygen atoms in total. The van der Waals surface area contributed by atoms with Crippen LogP contribution in [0.25, 0.3) is 0 Å². The fourth-order valence-corrected chi connectivity index (χ4v) is 2.72. The van der Waals surface area contributed by atoms with E-state index in [0.717, 1.165) is 18.4 Å². The number of carbonyl (C=O) groups excluding carboxylic acids is 2. The Kier molecular flexibility index (Phi) is 5.76. The van der Waals surface area contributed by atoms with E-state index in [1.165, 1.54) is 11.1 Å². The molecule has 4 heteroatoms. The minimum atomic E-state index is 0.252. The van der Waals surface area contributed by atoms with Crippen LogP contribution in [0.5, 0.6) is 0 Å². The topological polar surface area (TPSA) is 58.9 Å². The Labute approximate surface area is 135 Å². The third-order valence-electron chi connectivity index (χ3n) is 3.84. The molecule has 0 saturated carbocycles. The predicted octanol–water partition coefficient (Wildman–Crippen LogP) is 4.86. The SMILES string of the molecule is CCCC(c1ccc(N=C=O)cc1)c1ccc(N=C=O)c(C)c1. The van der Waals surface area contributed by atoms with Crippen molar-refractivity contribution in [2.24, 2.45) is 9.98 Å². The van der Waals surface area contributed by atoms with Gasteiger partial charge in [0.2, 0.25) is 12.2 Å². The van der Waals surface area contributed by atoms with Gasteiger partial charge in [-0.25, -0.2) is 9.59 Å². The van der Waals surface area contributed by atoms with Crippen LogP contribution in [0.15, 0.2) is 52.4 Å². The summed E-state index contributed by atoms with van der Waals surface area (Å²) in [5.74, 6) is 0.252. The van der Waals surface area contributed by atoms with Gasteiger partial charge in [0.25, 0.3) is 0 Å². The van der Waals surface area contributed by atoms with Gasteiger partial charge in [-0.15, -0.1) is 0 Å². The van der Waals surface area contributed by atoms with Gasteiger partial charge in [0.15, 0.2) is 0 Å². The minimum absolute atomic E-state index is 0.252. The first kappa shape index (κ1) is 16.6. The molecule has 2 aromatic carbocycles. The third kappa shape index (κ3) is 4.10. The molecule has 2 aromatic rings. The average molecular weight is 306 g/mol. The second-order valence-corrected chi connectivity index (χ2v) is 5.38. The molecular weight excluding hydrogens is 288 g/mol. The van der Waals surface area contributed by atoms with Crippen LogP contribution < -0.4 is 0 Å². The number of benzene rings is 2. The summed E-state index contributed by atoms with van der Waals surface area (Å²) in [6.07, 6.45) is 5.18. The maximum Gasteiger partial charge on any atom is 0.240 e.